The minimum Gasteiger partial charge on any atom is -0.492 e. The summed E-state index contributed by atoms with van der Waals surface area (Å²) in [4.78, 5) is 2.16. The minimum absolute atomic E-state index is 0.549. The van der Waals surface area contributed by atoms with Crippen LogP contribution in [0.4, 0.5) is 0 Å². The Balaban J connectivity index is 3.04. The molecule has 0 heterocycles. The summed E-state index contributed by atoms with van der Waals surface area (Å²) in [6.45, 7) is 10.8. The number of likely N-dealkylation sites (N-methyl/N-ethyl adjacent to an activating group) is 1. The number of para-hydroxylation sites is 1. The Hall–Kier alpha value is -1.02. The van der Waals surface area contributed by atoms with Gasteiger partial charge in [-0.25, -0.2) is 0 Å². The molecule has 0 fully saturated rings. The summed E-state index contributed by atoms with van der Waals surface area (Å²) in [7, 11) is 4.17. The number of rotatable bonds is 8. The van der Waals surface area contributed by atoms with Crippen molar-refractivity contribution in [3.63, 3.8) is 0 Å². The van der Waals surface area contributed by atoms with Crippen LogP contribution >= 0.6 is 0 Å². The second-order valence-electron chi connectivity index (χ2n) is 6.04. The van der Waals surface area contributed by atoms with Crippen LogP contribution in [0.1, 0.15) is 63.5 Å². The molecule has 0 saturated heterocycles. The highest BCUT2D eigenvalue weighted by Crippen LogP contribution is 2.36. The van der Waals surface area contributed by atoms with E-state index in [4.69, 9.17) is 4.74 Å². The van der Waals surface area contributed by atoms with Gasteiger partial charge in [-0.2, -0.15) is 0 Å². The van der Waals surface area contributed by atoms with Crippen LogP contribution in [0.5, 0.6) is 5.75 Å². The first-order valence-electron chi connectivity index (χ1n) is 7.91. The molecule has 0 radical (unpaired) electrons. The number of nitrogens with zero attached hydrogens (tertiary/aromatic N) is 1. The second kappa shape index (κ2) is 8.31. The molecule has 1 rings (SSSR count). The first-order chi connectivity index (χ1) is 9.51. The van der Waals surface area contributed by atoms with Crippen LogP contribution < -0.4 is 4.74 Å². The molecule has 0 amide bonds. The maximum absolute atomic E-state index is 6.18. The van der Waals surface area contributed by atoms with Crippen LogP contribution in [-0.4, -0.2) is 32.1 Å². The number of hydrogen-bond acceptors (Lipinski definition) is 2. The molecule has 0 aliphatic rings. The summed E-state index contributed by atoms with van der Waals surface area (Å²) in [6, 6.07) is 6.64. The van der Waals surface area contributed by atoms with Crippen molar-refractivity contribution in [2.45, 2.75) is 52.4 Å². The van der Waals surface area contributed by atoms with E-state index in [0.717, 1.165) is 31.7 Å². The Labute approximate surface area is 125 Å². The molecule has 2 unspecified atom stereocenters. The van der Waals surface area contributed by atoms with Gasteiger partial charge in [0.1, 0.15) is 12.4 Å². The normalized spacial score (nSPS) is 14.3. The van der Waals surface area contributed by atoms with Crippen LogP contribution in [0.25, 0.3) is 0 Å². The zero-order chi connectivity index (χ0) is 15.1. The van der Waals surface area contributed by atoms with Crippen molar-refractivity contribution < 1.29 is 4.74 Å². The van der Waals surface area contributed by atoms with E-state index in [-0.39, 0.29) is 0 Å². The lowest BCUT2D eigenvalue weighted by Crippen LogP contribution is -2.20. The fourth-order valence-corrected chi connectivity index (χ4v) is 2.29. The molecule has 0 aliphatic carbocycles. The van der Waals surface area contributed by atoms with Gasteiger partial charge in [-0.15, -0.1) is 0 Å². The Kier molecular flexibility index (Phi) is 7.08. The van der Waals surface area contributed by atoms with E-state index in [1.807, 2.05) is 0 Å². The molecule has 0 N–H and O–H groups in total. The van der Waals surface area contributed by atoms with Crippen molar-refractivity contribution in [1.29, 1.82) is 0 Å². The van der Waals surface area contributed by atoms with Crippen LogP contribution in [0.2, 0.25) is 0 Å². The molecule has 0 saturated carbocycles. The summed E-state index contributed by atoms with van der Waals surface area (Å²) in [6.07, 6.45) is 2.29. The summed E-state index contributed by atoms with van der Waals surface area (Å²) < 4.78 is 6.18. The van der Waals surface area contributed by atoms with Crippen molar-refractivity contribution in [2.75, 3.05) is 27.2 Å². The van der Waals surface area contributed by atoms with Gasteiger partial charge in [0.25, 0.3) is 0 Å². The van der Waals surface area contributed by atoms with Crippen molar-refractivity contribution >= 4 is 0 Å². The molecule has 2 atom stereocenters. The van der Waals surface area contributed by atoms with Crippen LogP contribution in [0, 0.1) is 0 Å². The number of ether oxygens (including phenoxy) is 1. The highest BCUT2D eigenvalue weighted by molar-refractivity contribution is 5.45. The zero-order valence-electron chi connectivity index (χ0n) is 14.1. The average molecular weight is 277 g/mol. The molecule has 0 aromatic heterocycles. The van der Waals surface area contributed by atoms with E-state index in [1.165, 1.54) is 11.1 Å². The predicted octanol–water partition coefficient (Wildman–Crippen LogP) is 4.65. The molecule has 1 aromatic rings. The summed E-state index contributed by atoms with van der Waals surface area (Å²) in [5.74, 6) is 2.24. The first-order valence-corrected chi connectivity index (χ1v) is 7.91. The predicted molar refractivity (Wildman–Crippen MR) is 87.9 cm³/mol. The van der Waals surface area contributed by atoms with Gasteiger partial charge in [-0.05, 0) is 49.9 Å². The third kappa shape index (κ3) is 4.52. The minimum atomic E-state index is 0.549. The standard InChI is InChI=1S/C18H31NO/c1-7-14(3)16-10-9-11-17(15(4)8-2)18(16)20-13-12-19(5)6/h9-11,14-15H,7-8,12-13H2,1-6H3. The quantitative estimate of drug-likeness (QED) is 0.685. The maximum atomic E-state index is 6.18. The molecule has 2 nitrogen and oxygen atoms in total. The SMILES string of the molecule is CCC(C)c1cccc(C(C)CC)c1OCCN(C)C. The Morgan fingerprint density at radius 3 is 1.90 bits per heavy atom. The molecule has 0 aliphatic heterocycles. The lowest BCUT2D eigenvalue weighted by atomic mass is 9.90. The zero-order valence-corrected chi connectivity index (χ0v) is 14.1. The largest absolute Gasteiger partial charge is 0.492 e. The van der Waals surface area contributed by atoms with E-state index in [9.17, 15) is 0 Å². The fourth-order valence-electron chi connectivity index (χ4n) is 2.29. The molecule has 2 heteroatoms. The van der Waals surface area contributed by atoms with Crippen molar-refractivity contribution in [3.05, 3.63) is 29.3 Å². The van der Waals surface area contributed by atoms with Gasteiger partial charge in [-0.3, -0.25) is 0 Å². The van der Waals surface area contributed by atoms with Gasteiger partial charge in [0.2, 0.25) is 0 Å². The average Bonchev–Trinajstić information content (AvgIpc) is 2.45. The Morgan fingerprint density at radius 1 is 1.00 bits per heavy atom. The van der Waals surface area contributed by atoms with Crippen LogP contribution in [-0.2, 0) is 0 Å². The molecule has 114 valence electrons. The van der Waals surface area contributed by atoms with Crippen molar-refractivity contribution in [1.82, 2.24) is 4.90 Å². The van der Waals surface area contributed by atoms with Gasteiger partial charge in [0, 0.05) is 6.54 Å². The first kappa shape index (κ1) is 17.0. The highest BCUT2D eigenvalue weighted by atomic mass is 16.5. The Morgan fingerprint density at radius 2 is 1.50 bits per heavy atom. The summed E-state index contributed by atoms with van der Waals surface area (Å²) in [5.41, 5.74) is 2.73. The van der Waals surface area contributed by atoms with Gasteiger partial charge in [-0.1, -0.05) is 45.9 Å². The van der Waals surface area contributed by atoms with Crippen molar-refractivity contribution in [3.8, 4) is 5.75 Å². The molecule has 0 bridgehead atoms. The topological polar surface area (TPSA) is 12.5 Å². The van der Waals surface area contributed by atoms with Gasteiger partial charge >= 0.3 is 0 Å². The van der Waals surface area contributed by atoms with Gasteiger partial charge in [0.15, 0.2) is 0 Å². The lowest BCUT2D eigenvalue weighted by molar-refractivity contribution is 0.255. The summed E-state index contributed by atoms with van der Waals surface area (Å²) in [5, 5.41) is 0. The fraction of sp³-hybridized carbons (Fsp3) is 0.667. The molecule has 0 spiro atoms. The van der Waals surface area contributed by atoms with E-state index in [0.29, 0.717) is 11.8 Å². The van der Waals surface area contributed by atoms with E-state index < -0.39 is 0 Å². The lowest BCUT2D eigenvalue weighted by Gasteiger charge is -2.22. The van der Waals surface area contributed by atoms with E-state index in [2.05, 4.69) is 64.9 Å². The smallest absolute Gasteiger partial charge is 0.126 e. The van der Waals surface area contributed by atoms with Gasteiger partial charge < -0.3 is 9.64 Å². The molecule has 20 heavy (non-hydrogen) atoms. The monoisotopic (exact) mass is 277 g/mol. The van der Waals surface area contributed by atoms with Crippen LogP contribution in [0.15, 0.2) is 18.2 Å². The van der Waals surface area contributed by atoms with Crippen LogP contribution in [0.3, 0.4) is 0 Å². The third-order valence-corrected chi connectivity index (χ3v) is 4.15. The van der Waals surface area contributed by atoms with E-state index in [1.54, 1.807) is 0 Å². The molecule has 1 aromatic carbocycles. The van der Waals surface area contributed by atoms with Crippen molar-refractivity contribution in [2.24, 2.45) is 0 Å². The Bertz CT molecular complexity index is 372. The summed E-state index contributed by atoms with van der Waals surface area (Å²) >= 11 is 0. The highest BCUT2D eigenvalue weighted by Gasteiger charge is 2.17. The number of benzene rings is 1. The molecular formula is C18H31NO. The van der Waals surface area contributed by atoms with Gasteiger partial charge in [0.05, 0.1) is 0 Å². The molecular weight excluding hydrogens is 246 g/mol. The number of hydrogen-bond donors (Lipinski definition) is 0. The maximum Gasteiger partial charge on any atom is 0.126 e. The third-order valence-electron chi connectivity index (χ3n) is 4.15. The van der Waals surface area contributed by atoms with E-state index >= 15 is 0 Å². The second-order valence-corrected chi connectivity index (χ2v) is 6.04.